The molecule has 3 rings (SSSR count). The van der Waals surface area contributed by atoms with E-state index in [1.807, 2.05) is 52.0 Å². The molecule has 2 aromatic carbocycles. The fraction of sp³-hybridized carbons (Fsp3) is 0.261. The normalized spacial score (nSPS) is 11.8. The number of carboxylic acids is 1. The first-order valence-corrected chi connectivity index (χ1v) is 10.7. The van der Waals surface area contributed by atoms with Gasteiger partial charge >= 0.3 is 5.97 Å². The molecule has 0 saturated heterocycles. The molecule has 0 saturated carbocycles. The summed E-state index contributed by atoms with van der Waals surface area (Å²) in [6.07, 6.45) is 0. The van der Waals surface area contributed by atoms with E-state index >= 15 is 0 Å². The van der Waals surface area contributed by atoms with E-state index in [-0.39, 0.29) is 11.6 Å². The molecular weight excluding hydrogens is 412 g/mol. The van der Waals surface area contributed by atoms with Crippen LogP contribution in [-0.4, -0.2) is 33.7 Å². The summed E-state index contributed by atoms with van der Waals surface area (Å²) in [5, 5.41) is 9.20. The second kappa shape index (κ2) is 9.80. The number of nitrogens with one attached hydrogen (secondary N) is 1. The molecule has 3 aromatic rings. The van der Waals surface area contributed by atoms with Crippen molar-refractivity contribution in [2.45, 2.75) is 38.6 Å². The Kier molecular flexibility index (Phi) is 7.14. The van der Waals surface area contributed by atoms with E-state index in [4.69, 9.17) is 15.5 Å². The van der Waals surface area contributed by atoms with Gasteiger partial charge in [0, 0.05) is 22.1 Å². The molecule has 0 aliphatic heterocycles. The van der Waals surface area contributed by atoms with Crippen molar-refractivity contribution in [3.8, 4) is 17.1 Å². The van der Waals surface area contributed by atoms with Crippen LogP contribution in [0.15, 0.2) is 47.4 Å². The number of benzene rings is 2. The maximum atomic E-state index is 11.2. The average Bonchev–Trinajstić information content (AvgIpc) is 2.72. The maximum absolute atomic E-state index is 11.2. The zero-order valence-corrected chi connectivity index (χ0v) is 18.8. The summed E-state index contributed by atoms with van der Waals surface area (Å²) >= 11 is 1.24. The fourth-order valence-corrected chi connectivity index (χ4v) is 3.75. The van der Waals surface area contributed by atoms with E-state index < -0.39 is 5.97 Å². The first-order chi connectivity index (χ1) is 14.8. The van der Waals surface area contributed by atoms with Crippen LogP contribution in [0.1, 0.15) is 34.0 Å². The van der Waals surface area contributed by atoms with Gasteiger partial charge in [-0.3, -0.25) is 4.72 Å². The highest BCUT2D eigenvalue weighted by Crippen LogP contribution is 2.34. The number of nitrogens with two attached hydrogens (primary N) is 1. The highest BCUT2D eigenvalue weighted by Gasteiger charge is 2.18. The molecule has 0 aliphatic rings. The van der Waals surface area contributed by atoms with E-state index in [0.29, 0.717) is 18.4 Å². The average molecular weight is 439 g/mol. The van der Waals surface area contributed by atoms with Gasteiger partial charge in [-0.1, -0.05) is 24.3 Å². The summed E-state index contributed by atoms with van der Waals surface area (Å²) < 4.78 is 9.00. The Morgan fingerprint density at radius 1 is 1.16 bits per heavy atom. The molecule has 1 atom stereocenters. The molecule has 1 aromatic heterocycles. The van der Waals surface area contributed by atoms with Gasteiger partial charge in [-0.2, -0.15) is 4.98 Å². The third-order valence-electron chi connectivity index (χ3n) is 4.64. The van der Waals surface area contributed by atoms with Gasteiger partial charge in [-0.05, 0) is 69.0 Å². The zero-order valence-electron chi connectivity index (χ0n) is 18.0. The van der Waals surface area contributed by atoms with Gasteiger partial charge in [0.05, 0.1) is 11.3 Å². The van der Waals surface area contributed by atoms with Crippen LogP contribution in [-0.2, 0) is 0 Å². The molecule has 0 aliphatic carbocycles. The molecule has 0 spiro atoms. The van der Waals surface area contributed by atoms with Crippen molar-refractivity contribution in [1.82, 2.24) is 9.97 Å². The molecule has 1 unspecified atom stereocenters. The third-order valence-corrected chi connectivity index (χ3v) is 5.42. The largest absolute Gasteiger partial charge is 0.478 e. The van der Waals surface area contributed by atoms with Crippen LogP contribution < -0.4 is 15.2 Å². The number of hydrogen-bond acceptors (Lipinski definition) is 7. The Labute approximate surface area is 186 Å². The summed E-state index contributed by atoms with van der Waals surface area (Å²) in [6, 6.07) is 12.6. The lowest BCUT2D eigenvalue weighted by Crippen LogP contribution is -2.24. The monoisotopic (exact) mass is 438 g/mol. The molecule has 0 bridgehead atoms. The predicted octanol–water partition coefficient (Wildman–Crippen LogP) is 4.61. The van der Waals surface area contributed by atoms with Crippen LogP contribution in [0.2, 0.25) is 0 Å². The number of rotatable bonds is 8. The number of nitrogens with zero attached hydrogens (tertiary/aromatic N) is 2. The van der Waals surface area contributed by atoms with Gasteiger partial charge in [0.1, 0.15) is 6.61 Å². The van der Waals surface area contributed by atoms with Crippen LogP contribution in [0.3, 0.4) is 0 Å². The standard InChI is InChI=1S/C23H26N4O3S/c1-13-7-5-8-14(2)19(13)20-16(4)21(30-12-15(3)24)26-23(25-20)27-31-18-10-6-9-17(11-18)22(28)29/h5-11,15H,12,24H2,1-4H3,(H,28,29)(H,25,26,27). The lowest BCUT2D eigenvalue weighted by Gasteiger charge is -2.17. The molecule has 0 amide bonds. The Balaban J connectivity index is 1.98. The van der Waals surface area contributed by atoms with Crippen molar-refractivity contribution in [2.75, 3.05) is 11.3 Å². The van der Waals surface area contributed by atoms with Crippen LogP contribution in [0.5, 0.6) is 5.88 Å². The Hall–Kier alpha value is -3.10. The molecule has 0 radical (unpaired) electrons. The van der Waals surface area contributed by atoms with E-state index in [2.05, 4.69) is 9.71 Å². The van der Waals surface area contributed by atoms with Gasteiger partial charge in [-0.25, -0.2) is 9.78 Å². The van der Waals surface area contributed by atoms with Crippen molar-refractivity contribution in [2.24, 2.45) is 5.73 Å². The van der Waals surface area contributed by atoms with Gasteiger partial charge in [-0.15, -0.1) is 0 Å². The van der Waals surface area contributed by atoms with Crippen molar-refractivity contribution >= 4 is 23.9 Å². The molecule has 1 heterocycles. The lowest BCUT2D eigenvalue weighted by atomic mass is 9.97. The summed E-state index contributed by atoms with van der Waals surface area (Å²) in [5.41, 5.74) is 10.9. The first kappa shape index (κ1) is 22.6. The summed E-state index contributed by atoms with van der Waals surface area (Å²) in [7, 11) is 0. The number of aryl methyl sites for hydroxylation is 2. The Morgan fingerprint density at radius 3 is 2.48 bits per heavy atom. The number of carbonyl (C=O) groups is 1. The second-order valence-electron chi connectivity index (χ2n) is 7.42. The van der Waals surface area contributed by atoms with E-state index in [0.717, 1.165) is 32.8 Å². The minimum absolute atomic E-state index is 0.137. The van der Waals surface area contributed by atoms with Gasteiger partial charge in [0.15, 0.2) is 0 Å². The Morgan fingerprint density at radius 2 is 1.84 bits per heavy atom. The van der Waals surface area contributed by atoms with Crippen molar-refractivity contribution in [3.63, 3.8) is 0 Å². The molecule has 0 fully saturated rings. The minimum Gasteiger partial charge on any atom is -0.478 e. The highest BCUT2D eigenvalue weighted by molar-refractivity contribution is 8.00. The van der Waals surface area contributed by atoms with Crippen LogP contribution in [0.25, 0.3) is 11.3 Å². The molecule has 162 valence electrons. The van der Waals surface area contributed by atoms with Gasteiger partial charge in [0.25, 0.3) is 0 Å². The van der Waals surface area contributed by atoms with Gasteiger partial charge < -0.3 is 15.6 Å². The van der Waals surface area contributed by atoms with E-state index in [1.165, 1.54) is 11.9 Å². The van der Waals surface area contributed by atoms with Crippen molar-refractivity contribution in [3.05, 3.63) is 64.7 Å². The summed E-state index contributed by atoms with van der Waals surface area (Å²) in [4.78, 5) is 21.2. The molecular formula is C23H26N4O3S. The second-order valence-corrected chi connectivity index (χ2v) is 8.30. The zero-order chi connectivity index (χ0) is 22.5. The minimum atomic E-state index is -0.974. The van der Waals surface area contributed by atoms with Crippen LogP contribution in [0, 0.1) is 20.8 Å². The number of carboxylic acid groups (broad SMARTS) is 1. The SMILES string of the molecule is Cc1cccc(C)c1-c1nc(NSc2cccc(C(=O)O)c2)nc(OCC(C)N)c1C. The predicted molar refractivity (Wildman–Crippen MR) is 124 cm³/mol. The van der Waals surface area contributed by atoms with E-state index in [9.17, 15) is 9.90 Å². The van der Waals surface area contributed by atoms with Crippen LogP contribution in [0.4, 0.5) is 5.95 Å². The summed E-state index contributed by atoms with van der Waals surface area (Å²) in [6.45, 7) is 8.23. The number of anilines is 1. The molecule has 4 N–H and O–H groups in total. The topological polar surface area (TPSA) is 110 Å². The lowest BCUT2D eigenvalue weighted by molar-refractivity contribution is 0.0696. The maximum Gasteiger partial charge on any atom is 0.335 e. The number of hydrogen-bond donors (Lipinski definition) is 3. The number of aromatic nitrogens is 2. The Bertz CT molecular complexity index is 1080. The van der Waals surface area contributed by atoms with Gasteiger partial charge in [0.2, 0.25) is 11.8 Å². The highest BCUT2D eigenvalue weighted by atomic mass is 32.2. The van der Waals surface area contributed by atoms with Crippen molar-refractivity contribution < 1.29 is 14.6 Å². The third kappa shape index (κ3) is 5.53. The summed E-state index contributed by atoms with van der Waals surface area (Å²) in [5.74, 6) is -0.140. The molecule has 7 nitrogen and oxygen atoms in total. The quantitative estimate of drug-likeness (QED) is 0.437. The smallest absolute Gasteiger partial charge is 0.335 e. The molecule has 31 heavy (non-hydrogen) atoms. The fourth-order valence-electron chi connectivity index (χ4n) is 3.12. The number of aromatic carboxylic acids is 1. The van der Waals surface area contributed by atoms with Crippen molar-refractivity contribution in [1.29, 1.82) is 0 Å². The first-order valence-electron chi connectivity index (χ1n) is 9.86. The van der Waals surface area contributed by atoms with E-state index in [1.54, 1.807) is 18.2 Å². The number of ether oxygens (including phenoxy) is 1. The molecule has 8 heteroatoms. The van der Waals surface area contributed by atoms with Crippen LogP contribution >= 0.6 is 11.9 Å².